The van der Waals surface area contributed by atoms with Gasteiger partial charge in [-0.15, -0.1) is 0 Å². The maximum absolute atomic E-state index is 11.8. The second-order valence-corrected chi connectivity index (χ2v) is 5.23. The molecule has 1 unspecified atom stereocenters. The van der Waals surface area contributed by atoms with Crippen LogP contribution < -0.4 is 15.5 Å². The van der Waals surface area contributed by atoms with Crippen molar-refractivity contribution in [1.82, 2.24) is 10.6 Å². The largest absolute Gasteiger partial charge is 0.372 e. The van der Waals surface area contributed by atoms with Crippen LogP contribution in [0.2, 0.25) is 0 Å². The van der Waals surface area contributed by atoms with E-state index in [1.165, 1.54) is 11.3 Å². The summed E-state index contributed by atoms with van der Waals surface area (Å²) < 4.78 is 0. The van der Waals surface area contributed by atoms with Gasteiger partial charge in [0.2, 0.25) is 5.91 Å². The first-order chi connectivity index (χ1) is 10.1. The summed E-state index contributed by atoms with van der Waals surface area (Å²) in [6.07, 6.45) is 0.964. The number of nitrogens with one attached hydrogen (secondary N) is 2. The molecule has 0 aliphatic carbocycles. The SMILES string of the molecule is CCCNC(=O)C(C)NCc1ccc(N(CC)CC)cc1. The minimum Gasteiger partial charge on any atom is -0.372 e. The van der Waals surface area contributed by atoms with Crippen LogP contribution in [0.3, 0.4) is 0 Å². The van der Waals surface area contributed by atoms with Crippen LogP contribution in [0.25, 0.3) is 0 Å². The molecular formula is C17H29N3O. The van der Waals surface area contributed by atoms with Gasteiger partial charge >= 0.3 is 0 Å². The first-order valence-corrected chi connectivity index (χ1v) is 7.97. The van der Waals surface area contributed by atoms with E-state index in [2.05, 4.69) is 60.6 Å². The van der Waals surface area contributed by atoms with E-state index in [1.54, 1.807) is 0 Å². The maximum atomic E-state index is 11.8. The van der Waals surface area contributed by atoms with Gasteiger partial charge in [0.15, 0.2) is 0 Å². The molecule has 4 nitrogen and oxygen atoms in total. The molecule has 0 radical (unpaired) electrons. The summed E-state index contributed by atoms with van der Waals surface area (Å²) >= 11 is 0. The first kappa shape index (κ1) is 17.5. The molecule has 0 heterocycles. The highest BCUT2D eigenvalue weighted by Crippen LogP contribution is 2.14. The van der Waals surface area contributed by atoms with Gasteiger partial charge in [0, 0.05) is 31.9 Å². The summed E-state index contributed by atoms with van der Waals surface area (Å²) in [5.74, 6) is 0.0663. The number of nitrogens with zero attached hydrogens (tertiary/aromatic N) is 1. The molecule has 2 N–H and O–H groups in total. The van der Waals surface area contributed by atoms with E-state index < -0.39 is 0 Å². The molecule has 0 bridgehead atoms. The Morgan fingerprint density at radius 1 is 1.14 bits per heavy atom. The Labute approximate surface area is 128 Å². The predicted molar refractivity (Wildman–Crippen MR) is 89.6 cm³/mol. The lowest BCUT2D eigenvalue weighted by Crippen LogP contribution is -2.42. The monoisotopic (exact) mass is 291 g/mol. The van der Waals surface area contributed by atoms with E-state index in [1.807, 2.05) is 6.92 Å². The highest BCUT2D eigenvalue weighted by molar-refractivity contribution is 5.81. The highest BCUT2D eigenvalue weighted by Gasteiger charge is 2.11. The van der Waals surface area contributed by atoms with Crippen LogP contribution in [-0.2, 0) is 11.3 Å². The summed E-state index contributed by atoms with van der Waals surface area (Å²) in [5, 5.41) is 6.16. The number of hydrogen-bond donors (Lipinski definition) is 2. The molecule has 1 rings (SSSR count). The summed E-state index contributed by atoms with van der Waals surface area (Å²) in [6.45, 7) is 11.8. The van der Waals surface area contributed by atoms with Gasteiger partial charge in [0.25, 0.3) is 0 Å². The zero-order chi connectivity index (χ0) is 15.7. The van der Waals surface area contributed by atoms with E-state index in [0.29, 0.717) is 6.54 Å². The van der Waals surface area contributed by atoms with Gasteiger partial charge in [0.1, 0.15) is 0 Å². The quantitative estimate of drug-likeness (QED) is 0.735. The lowest BCUT2D eigenvalue weighted by Gasteiger charge is -2.21. The van der Waals surface area contributed by atoms with Gasteiger partial charge in [0.05, 0.1) is 6.04 Å². The van der Waals surface area contributed by atoms with Crippen molar-refractivity contribution >= 4 is 11.6 Å². The van der Waals surface area contributed by atoms with Crippen LogP contribution >= 0.6 is 0 Å². The summed E-state index contributed by atoms with van der Waals surface area (Å²) in [4.78, 5) is 14.1. The lowest BCUT2D eigenvalue weighted by molar-refractivity contribution is -0.122. The molecule has 0 spiro atoms. The molecule has 0 aliphatic rings. The Morgan fingerprint density at radius 2 is 1.76 bits per heavy atom. The standard InChI is InChI=1S/C17H29N3O/c1-5-12-18-17(21)14(4)19-13-15-8-10-16(11-9-15)20(6-2)7-3/h8-11,14,19H,5-7,12-13H2,1-4H3,(H,18,21). The van der Waals surface area contributed by atoms with Gasteiger partial charge < -0.3 is 15.5 Å². The third-order valence-corrected chi connectivity index (χ3v) is 3.62. The van der Waals surface area contributed by atoms with Crippen molar-refractivity contribution in [2.45, 2.75) is 46.7 Å². The normalized spacial score (nSPS) is 12.0. The Hall–Kier alpha value is -1.55. The van der Waals surface area contributed by atoms with E-state index in [-0.39, 0.29) is 11.9 Å². The average Bonchev–Trinajstić information content (AvgIpc) is 2.52. The van der Waals surface area contributed by atoms with Crippen molar-refractivity contribution < 1.29 is 4.79 Å². The maximum Gasteiger partial charge on any atom is 0.236 e. The van der Waals surface area contributed by atoms with Crippen molar-refractivity contribution in [2.24, 2.45) is 0 Å². The predicted octanol–water partition coefficient (Wildman–Crippen LogP) is 2.54. The Kier molecular flexibility index (Phi) is 7.83. The van der Waals surface area contributed by atoms with E-state index in [0.717, 1.165) is 26.1 Å². The Balaban J connectivity index is 2.47. The second kappa shape index (κ2) is 9.40. The molecule has 0 aliphatic heterocycles. The van der Waals surface area contributed by atoms with Crippen LogP contribution in [0.15, 0.2) is 24.3 Å². The number of carbonyl (C=O) groups excluding carboxylic acids is 1. The van der Waals surface area contributed by atoms with E-state index in [4.69, 9.17) is 0 Å². The van der Waals surface area contributed by atoms with Crippen LogP contribution in [0.4, 0.5) is 5.69 Å². The molecule has 0 saturated heterocycles. The molecule has 4 heteroatoms. The van der Waals surface area contributed by atoms with Crippen molar-refractivity contribution in [2.75, 3.05) is 24.5 Å². The second-order valence-electron chi connectivity index (χ2n) is 5.23. The topological polar surface area (TPSA) is 44.4 Å². The third kappa shape index (κ3) is 5.76. The Bertz CT molecular complexity index is 413. The summed E-state index contributed by atoms with van der Waals surface area (Å²) in [6, 6.07) is 8.37. The highest BCUT2D eigenvalue weighted by atomic mass is 16.2. The molecule has 1 aromatic rings. The van der Waals surface area contributed by atoms with Crippen molar-refractivity contribution in [3.63, 3.8) is 0 Å². The third-order valence-electron chi connectivity index (χ3n) is 3.62. The number of hydrogen-bond acceptors (Lipinski definition) is 3. The Morgan fingerprint density at radius 3 is 2.29 bits per heavy atom. The van der Waals surface area contributed by atoms with Crippen LogP contribution in [0, 0.1) is 0 Å². The molecular weight excluding hydrogens is 262 g/mol. The average molecular weight is 291 g/mol. The molecule has 21 heavy (non-hydrogen) atoms. The van der Waals surface area contributed by atoms with Gasteiger partial charge in [-0.25, -0.2) is 0 Å². The smallest absolute Gasteiger partial charge is 0.236 e. The number of rotatable bonds is 9. The fourth-order valence-electron chi connectivity index (χ4n) is 2.18. The molecule has 1 atom stereocenters. The molecule has 0 fully saturated rings. The van der Waals surface area contributed by atoms with Crippen LogP contribution in [0.1, 0.15) is 39.7 Å². The van der Waals surface area contributed by atoms with Gasteiger partial charge in [-0.05, 0) is 44.9 Å². The van der Waals surface area contributed by atoms with Gasteiger partial charge in [-0.2, -0.15) is 0 Å². The molecule has 0 saturated carbocycles. The minimum atomic E-state index is -0.168. The van der Waals surface area contributed by atoms with Crippen LogP contribution in [0.5, 0.6) is 0 Å². The molecule has 1 amide bonds. The van der Waals surface area contributed by atoms with Gasteiger partial charge in [-0.1, -0.05) is 19.1 Å². The number of anilines is 1. The minimum absolute atomic E-state index is 0.0663. The van der Waals surface area contributed by atoms with Crippen LogP contribution in [-0.4, -0.2) is 31.6 Å². The van der Waals surface area contributed by atoms with Gasteiger partial charge in [-0.3, -0.25) is 4.79 Å². The lowest BCUT2D eigenvalue weighted by atomic mass is 10.1. The number of carbonyl (C=O) groups is 1. The molecule has 1 aromatic carbocycles. The molecule has 0 aromatic heterocycles. The number of amides is 1. The zero-order valence-corrected chi connectivity index (χ0v) is 13.8. The fourth-order valence-corrected chi connectivity index (χ4v) is 2.18. The van der Waals surface area contributed by atoms with E-state index in [9.17, 15) is 4.79 Å². The summed E-state index contributed by atoms with van der Waals surface area (Å²) in [7, 11) is 0. The number of benzene rings is 1. The van der Waals surface area contributed by atoms with Crippen molar-refractivity contribution in [3.8, 4) is 0 Å². The van der Waals surface area contributed by atoms with Crippen molar-refractivity contribution in [1.29, 1.82) is 0 Å². The van der Waals surface area contributed by atoms with Crippen molar-refractivity contribution in [3.05, 3.63) is 29.8 Å². The first-order valence-electron chi connectivity index (χ1n) is 7.97. The molecule has 118 valence electrons. The fraction of sp³-hybridized carbons (Fsp3) is 0.588. The summed E-state index contributed by atoms with van der Waals surface area (Å²) in [5.41, 5.74) is 2.44. The van der Waals surface area contributed by atoms with E-state index >= 15 is 0 Å². The zero-order valence-electron chi connectivity index (χ0n) is 13.8.